The van der Waals surface area contributed by atoms with E-state index in [4.69, 9.17) is 5.11 Å². The van der Waals surface area contributed by atoms with E-state index in [2.05, 4.69) is 4.74 Å². The van der Waals surface area contributed by atoms with Crippen LogP contribution in [0.4, 0.5) is 0 Å². The number of rotatable bonds is 5. The number of carbonyl (C=O) groups excluding carboxylic acids is 3. The third-order valence-corrected chi connectivity index (χ3v) is 1.38. The third kappa shape index (κ3) is 3.80. The van der Waals surface area contributed by atoms with Gasteiger partial charge in [0.25, 0.3) is 0 Å². The van der Waals surface area contributed by atoms with Gasteiger partial charge >= 0.3 is 5.97 Å². The van der Waals surface area contributed by atoms with Crippen LogP contribution in [0.25, 0.3) is 0 Å². The largest absolute Gasteiger partial charge is 0.462 e. The summed E-state index contributed by atoms with van der Waals surface area (Å²) >= 11 is 0. The molecule has 0 aliphatic rings. The molecule has 74 valence electrons. The number of ether oxygens (including phenoxy) is 1. The number of carbonyl (C=O) groups is 3. The molecule has 0 aliphatic heterocycles. The Balaban J connectivity index is 4.30. The number of Topliss-reactive ketones (excluding diaryl/α,β-unsaturated/α-hetero) is 2. The standard InChI is InChI=1S/C8H12O5/c1-5(10)7(6(2)11)8(12)13-4-3-9/h7,9H,3-4H2,1-2H3. The van der Waals surface area contributed by atoms with Crippen molar-refractivity contribution in [3.8, 4) is 0 Å². The molecule has 0 aromatic heterocycles. The minimum atomic E-state index is -1.34. The highest BCUT2D eigenvalue weighted by Gasteiger charge is 2.29. The third-order valence-electron chi connectivity index (χ3n) is 1.38. The van der Waals surface area contributed by atoms with E-state index in [1.165, 1.54) is 0 Å². The second-order valence-corrected chi connectivity index (χ2v) is 2.55. The first-order valence-corrected chi connectivity index (χ1v) is 3.79. The predicted molar refractivity (Wildman–Crippen MR) is 42.9 cm³/mol. The van der Waals surface area contributed by atoms with Crippen LogP contribution in [0.1, 0.15) is 13.8 Å². The molecule has 0 aromatic carbocycles. The summed E-state index contributed by atoms with van der Waals surface area (Å²) in [7, 11) is 0. The second-order valence-electron chi connectivity index (χ2n) is 2.55. The van der Waals surface area contributed by atoms with Crippen LogP contribution in [-0.2, 0) is 19.1 Å². The molecular formula is C8H12O5. The van der Waals surface area contributed by atoms with Gasteiger partial charge in [0.2, 0.25) is 0 Å². The average Bonchev–Trinajstić information content (AvgIpc) is 1.99. The van der Waals surface area contributed by atoms with E-state index in [1.54, 1.807) is 0 Å². The van der Waals surface area contributed by atoms with Crippen molar-refractivity contribution in [3.05, 3.63) is 0 Å². The monoisotopic (exact) mass is 188 g/mol. The van der Waals surface area contributed by atoms with Crippen molar-refractivity contribution in [3.63, 3.8) is 0 Å². The lowest BCUT2D eigenvalue weighted by atomic mass is 10.0. The minimum Gasteiger partial charge on any atom is -0.462 e. The first-order valence-electron chi connectivity index (χ1n) is 3.79. The lowest BCUT2D eigenvalue weighted by Crippen LogP contribution is -2.31. The summed E-state index contributed by atoms with van der Waals surface area (Å²) in [4.78, 5) is 32.6. The average molecular weight is 188 g/mol. The Bertz CT molecular complexity index is 207. The normalized spacial score (nSPS) is 9.85. The molecule has 0 radical (unpaired) electrons. The highest BCUT2D eigenvalue weighted by molar-refractivity contribution is 6.15. The lowest BCUT2D eigenvalue weighted by molar-refractivity contribution is -0.155. The number of aliphatic hydroxyl groups is 1. The second kappa shape index (κ2) is 5.42. The summed E-state index contributed by atoms with van der Waals surface area (Å²) in [5.41, 5.74) is 0. The van der Waals surface area contributed by atoms with Crippen LogP contribution < -0.4 is 0 Å². The number of ketones is 2. The molecule has 0 saturated carbocycles. The Hall–Kier alpha value is -1.23. The van der Waals surface area contributed by atoms with Crippen molar-refractivity contribution in [2.75, 3.05) is 13.2 Å². The van der Waals surface area contributed by atoms with Crippen molar-refractivity contribution in [2.45, 2.75) is 13.8 Å². The maximum absolute atomic E-state index is 11.0. The van der Waals surface area contributed by atoms with E-state index in [0.717, 1.165) is 13.8 Å². The van der Waals surface area contributed by atoms with Gasteiger partial charge in [0.15, 0.2) is 17.5 Å². The molecule has 0 fully saturated rings. The van der Waals surface area contributed by atoms with Crippen LogP contribution in [0.15, 0.2) is 0 Å². The molecule has 0 rings (SSSR count). The summed E-state index contributed by atoms with van der Waals surface area (Å²) in [5.74, 6) is -3.33. The molecular weight excluding hydrogens is 176 g/mol. The van der Waals surface area contributed by atoms with Gasteiger partial charge in [-0.3, -0.25) is 14.4 Å². The first-order chi connectivity index (χ1) is 6.00. The number of aliphatic hydroxyl groups excluding tert-OH is 1. The zero-order valence-electron chi connectivity index (χ0n) is 7.57. The molecule has 0 spiro atoms. The topological polar surface area (TPSA) is 80.7 Å². The van der Waals surface area contributed by atoms with Gasteiger partial charge in [-0.1, -0.05) is 0 Å². The van der Waals surface area contributed by atoms with Gasteiger partial charge in [0.1, 0.15) is 6.61 Å². The molecule has 5 heteroatoms. The quantitative estimate of drug-likeness (QED) is 0.456. The maximum atomic E-state index is 11.0. The summed E-state index contributed by atoms with van der Waals surface area (Å²) in [5, 5.41) is 8.33. The van der Waals surface area contributed by atoms with Gasteiger partial charge in [0.05, 0.1) is 6.61 Å². The van der Waals surface area contributed by atoms with E-state index in [9.17, 15) is 14.4 Å². The van der Waals surface area contributed by atoms with E-state index in [1.807, 2.05) is 0 Å². The summed E-state index contributed by atoms with van der Waals surface area (Å²) in [6, 6.07) is 0. The Morgan fingerprint density at radius 3 is 2.00 bits per heavy atom. The predicted octanol–water partition coefficient (Wildman–Crippen LogP) is -0.684. The van der Waals surface area contributed by atoms with Crippen LogP contribution in [0.2, 0.25) is 0 Å². The molecule has 0 unspecified atom stereocenters. The molecule has 0 heterocycles. The van der Waals surface area contributed by atoms with E-state index in [-0.39, 0.29) is 13.2 Å². The van der Waals surface area contributed by atoms with Gasteiger partial charge < -0.3 is 9.84 Å². The van der Waals surface area contributed by atoms with Crippen LogP contribution in [0, 0.1) is 5.92 Å². The summed E-state index contributed by atoms with van der Waals surface area (Å²) < 4.78 is 4.45. The fourth-order valence-electron chi connectivity index (χ4n) is 0.848. The summed E-state index contributed by atoms with van der Waals surface area (Å²) in [6.45, 7) is 1.77. The van der Waals surface area contributed by atoms with Gasteiger partial charge in [-0.2, -0.15) is 0 Å². The van der Waals surface area contributed by atoms with E-state index in [0.29, 0.717) is 0 Å². The van der Waals surface area contributed by atoms with Crippen molar-refractivity contribution in [1.82, 2.24) is 0 Å². The lowest BCUT2D eigenvalue weighted by Gasteiger charge is -2.08. The van der Waals surface area contributed by atoms with Gasteiger partial charge in [-0.25, -0.2) is 0 Å². The molecule has 0 atom stereocenters. The molecule has 0 aliphatic carbocycles. The molecule has 1 N–H and O–H groups in total. The summed E-state index contributed by atoms with van der Waals surface area (Å²) in [6.07, 6.45) is 0. The Morgan fingerprint density at radius 1 is 1.23 bits per heavy atom. The smallest absolute Gasteiger partial charge is 0.324 e. The zero-order valence-corrected chi connectivity index (χ0v) is 7.57. The van der Waals surface area contributed by atoms with Crippen molar-refractivity contribution in [2.24, 2.45) is 5.92 Å². The van der Waals surface area contributed by atoms with E-state index < -0.39 is 23.5 Å². The van der Waals surface area contributed by atoms with E-state index >= 15 is 0 Å². The zero-order chi connectivity index (χ0) is 10.4. The van der Waals surface area contributed by atoms with Crippen molar-refractivity contribution < 1.29 is 24.2 Å². The Kier molecular flexibility index (Phi) is 4.91. The molecule has 0 bridgehead atoms. The fourth-order valence-corrected chi connectivity index (χ4v) is 0.848. The van der Waals surface area contributed by atoms with Crippen LogP contribution in [0.5, 0.6) is 0 Å². The van der Waals surface area contributed by atoms with Crippen molar-refractivity contribution in [1.29, 1.82) is 0 Å². The SMILES string of the molecule is CC(=O)C(C(C)=O)C(=O)OCCO. The van der Waals surface area contributed by atoms with Crippen LogP contribution in [0.3, 0.4) is 0 Å². The van der Waals surface area contributed by atoms with Crippen LogP contribution in [-0.4, -0.2) is 35.9 Å². The minimum absolute atomic E-state index is 0.199. The molecule has 5 nitrogen and oxygen atoms in total. The van der Waals surface area contributed by atoms with Crippen LogP contribution >= 0.6 is 0 Å². The maximum Gasteiger partial charge on any atom is 0.324 e. The Labute approximate surface area is 75.7 Å². The molecule has 0 aromatic rings. The Morgan fingerprint density at radius 2 is 1.69 bits per heavy atom. The van der Waals surface area contributed by atoms with Gasteiger partial charge in [0, 0.05) is 0 Å². The molecule has 0 amide bonds. The molecule has 13 heavy (non-hydrogen) atoms. The van der Waals surface area contributed by atoms with Gasteiger partial charge in [-0.15, -0.1) is 0 Å². The number of esters is 1. The molecule has 0 saturated heterocycles. The fraction of sp³-hybridized carbons (Fsp3) is 0.625. The van der Waals surface area contributed by atoms with Gasteiger partial charge in [-0.05, 0) is 13.8 Å². The van der Waals surface area contributed by atoms with Crippen molar-refractivity contribution >= 4 is 17.5 Å². The highest BCUT2D eigenvalue weighted by Crippen LogP contribution is 2.03. The first kappa shape index (κ1) is 11.8. The highest BCUT2D eigenvalue weighted by atomic mass is 16.5. The number of hydrogen-bond acceptors (Lipinski definition) is 5. The number of hydrogen-bond donors (Lipinski definition) is 1.